The molecule has 1 aliphatic heterocycles. The second-order valence-corrected chi connectivity index (χ2v) is 6.82. The molecule has 0 bridgehead atoms. The van der Waals surface area contributed by atoms with Crippen LogP contribution in [0.4, 0.5) is 4.79 Å². The lowest BCUT2D eigenvalue weighted by atomic mass is 9.91. The predicted octanol–water partition coefficient (Wildman–Crippen LogP) is 2.54. The van der Waals surface area contributed by atoms with Crippen LogP contribution in [0, 0.1) is 13.8 Å². The first-order valence-electron chi connectivity index (χ1n) is 8.40. The van der Waals surface area contributed by atoms with Gasteiger partial charge in [-0.2, -0.15) is 0 Å². The third-order valence-corrected chi connectivity index (χ3v) is 4.86. The van der Waals surface area contributed by atoms with Gasteiger partial charge in [0.1, 0.15) is 11.4 Å². The van der Waals surface area contributed by atoms with Crippen molar-refractivity contribution in [3.8, 4) is 0 Å². The molecule has 3 heterocycles. The van der Waals surface area contributed by atoms with Gasteiger partial charge >= 0.3 is 6.03 Å². The topological polar surface area (TPSA) is 91.0 Å². The molecule has 3 amide bonds. The maximum absolute atomic E-state index is 13.0. The van der Waals surface area contributed by atoms with Crippen LogP contribution in [-0.4, -0.2) is 31.8 Å². The molecule has 0 spiro atoms. The number of carbonyl (C=O) groups excluding carboxylic acids is 2. The Labute approximate surface area is 150 Å². The summed E-state index contributed by atoms with van der Waals surface area (Å²) >= 11 is 0. The smallest absolute Gasteiger partial charge is 0.325 e. The second kappa shape index (κ2) is 5.66. The number of imide groups is 1. The van der Waals surface area contributed by atoms with E-state index in [1.807, 2.05) is 44.2 Å². The van der Waals surface area contributed by atoms with Crippen molar-refractivity contribution in [3.63, 3.8) is 0 Å². The van der Waals surface area contributed by atoms with E-state index in [-0.39, 0.29) is 12.5 Å². The minimum Gasteiger partial charge on any atom is -0.339 e. The van der Waals surface area contributed by atoms with Crippen LogP contribution in [-0.2, 0) is 16.9 Å². The molecule has 1 fully saturated rings. The number of aromatic nitrogens is 3. The summed E-state index contributed by atoms with van der Waals surface area (Å²) in [7, 11) is 0. The van der Waals surface area contributed by atoms with Gasteiger partial charge in [-0.1, -0.05) is 29.8 Å². The lowest BCUT2D eigenvalue weighted by Crippen LogP contribution is -2.40. The number of aromatic amines is 1. The Morgan fingerprint density at radius 3 is 2.54 bits per heavy atom. The highest BCUT2D eigenvalue weighted by atomic mass is 16.2. The Bertz CT molecular complexity index is 1020. The number of benzene rings is 1. The Hall–Kier alpha value is -3.22. The number of nitrogens with one attached hydrogen (secondary N) is 2. The number of hydrogen-bond acceptors (Lipinski definition) is 4. The summed E-state index contributed by atoms with van der Waals surface area (Å²) in [5.74, 6) is 0.231. The molecule has 0 radical (unpaired) electrons. The van der Waals surface area contributed by atoms with Crippen LogP contribution >= 0.6 is 0 Å². The van der Waals surface area contributed by atoms with E-state index in [0.717, 1.165) is 22.2 Å². The van der Waals surface area contributed by atoms with Gasteiger partial charge in [0.15, 0.2) is 5.65 Å². The number of hydrogen-bond donors (Lipinski definition) is 2. The summed E-state index contributed by atoms with van der Waals surface area (Å²) in [4.78, 5) is 38.4. The molecular weight excluding hydrogens is 330 g/mol. The highest BCUT2D eigenvalue weighted by Gasteiger charge is 2.49. The standard InChI is InChI=1S/C19H19N5O2/c1-11-4-6-13(7-5-11)19(3)17(25)24(18(26)23-19)10-14-21-15-12(2)8-9-20-16(15)22-14/h4-9H,10H2,1-3H3,(H,23,26)(H,20,21,22). The van der Waals surface area contributed by atoms with Gasteiger partial charge in [-0.15, -0.1) is 0 Å². The van der Waals surface area contributed by atoms with E-state index in [9.17, 15) is 9.59 Å². The van der Waals surface area contributed by atoms with E-state index in [2.05, 4.69) is 20.3 Å². The average Bonchev–Trinajstić information content (AvgIpc) is 3.11. The minimum atomic E-state index is -1.08. The van der Waals surface area contributed by atoms with Gasteiger partial charge in [0.05, 0.1) is 12.1 Å². The van der Waals surface area contributed by atoms with Crippen molar-refractivity contribution < 1.29 is 9.59 Å². The lowest BCUT2D eigenvalue weighted by Gasteiger charge is -2.22. The molecule has 132 valence electrons. The first-order chi connectivity index (χ1) is 12.4. The molecule has 4 rings (SSSR count). The molecule has 0 saturated carbocycles. The number of pyridine rings is 1. The van der Waals surface area contributed by atoms with Gasteiger partial charge in [-0.05, 0) is 38.0 Å². The van der Waals surface area contributed by atoms with E-state index in [1.165, 1.54) is 4.90 Å². The van der Waals surface area contributed by atoms with Crippen LogP contribution < -0.4 is 5.32 Å². The zero-order valence-electron chi connectivity index (χ0n) is 14.8. The van der Waals surface area contributed by atoms with E-state index in [4.69, 9.17) is 0 Å². The summed E-state index contributed by atoms with van der Waals surface area (Å²) in [5.41, 5.74) is 3.17. The molecule has 1 saturated heterocycles. The normalized spacial score (nSPS) is 20.0. The number of fused-ring (bicyclic) bond motifs is 1. The molecule has 1 aliphatic rings. The van der Waals surface area contributed by atoms with Crippen molar-refractivity contribution in [2.45, 2.75) is 32.9 Å². The second-order valence-electron chi connectivity index (χ2n) is 6.82. The number of amides is 3. The molecule has 2 N–H and O–H groups in total. The summed E-state index contributed by atoms with van der Waals surface area (Å²) in [5, 5.41) is 2.81. The molecule has 1 aromatic carbocycles. The number of urea groups is 1. The van der Waals surface area contributed by atoms with Gasteiger partial charge in [0, 0.05) is 6.20 Å². The van der Waals surface area contributed by atoms with Crippen molar-refractivity contribution in [2.24, 2.45) is 0 Å². The first kappa shape index (κ1) is 16.3. The fourth-order valence-corrected chi connectivity index (χ4v) is 3.23. The zero-order chi connectivity index (χ0) is 18.5. The monoisotopic (exact) mass is 349 g/mol. The van der Waals surface area contributed by atoms with Crippen LogP contribution in [0.5, 0.6) is 0 Å². The number of imidazole rings is 1. The summed E-state index contributed by atoms with van der Waals surface area (Å²) in [6.07, 6.45) is 1.68. The number of H-pyrrole nitrogens is 1. The Balaban J connectivity index is 1.64. The van der Waals surface area contributed by atoms with Crippen LogP contribution in [0.25, 0.3) is 11.2 Å². The van der Waals surface area contributed by atoms with Crippen LogP contribution in [0.15, 0.2) is 36.5 Å². The molecule has 0 aliphatic carbocycles. The quantitative estimate of drug-likeness (QED) is 0.711. The van der Waals surface area contributed by atoms with Crippen molar-refractivity contribution in [3.05, 3.63) is 59.0 Å². The van der Waals surface area contributed by atoms with E-state index in [1.54, 1.807) is 13.1 Å². The van der Waals surface area contributed by atoms with Crippen molar-refractivity contribution >= 4 is 23.1 Å². The minimum absolute atomic E-state index is 0.0713. The summed E-state index contributed by atoms with van der Waals surface area (Å²) in [6.45, 7) is 5.73. The number of nitrogens with zero attached hydrogens (tertiary/aromatic N) is 3. The molecule has 1 atom stereocenters. The largest absolute Gasteiger partial charge is 0.339 e. The summed E-state index contributed by atoms with van der Waals surface area (Å²) < 4.78 is 0. The Morgan fingerprint density at radius 2 is 1.85 bits per heavy atom. The molecule has 1 unspecified atom stereocenters. The molecule has 26 heavy (non-hydrogen) atoms. The lowest BCUT2D eigenvalue weighted by molar-refractivity contribution is -0.131. The molecular formula is C19H19N5O2. The van der Waals surface area contributed by atoms with Gasteiger partial charge < -0.3 is 10.3 Å². The number of aryl methyl sites for hydroxylation is 2. The molecule has 3 aromatic rings. The van der Waals surface area contributed by atoms with E-state index < -0.39 is 11.6 Å². The Kier molecular flexibility index (Phi) is 3.54. The molecule has 2 aromatic heterocycles. The van der Waals surface area contributed by atoms with Gasteiger partial charge in [0.2, 0.25) is 0 Å². The maximum atomic E-state index is 13.0. The highest BCUT2D eigenvalue weighted by molar-refractivity contribution is 6.07. The average molecular weight is 349 g/mol. The molecule has 7 nitrogen and oxygen atoms in total. The van der Waals surface area contributed by atoms with Crippen LogP contribution in [0.1, 0.15) is 29.4 Å². The van der Waals surface area contributed by atoms with Gasteiger partial charge in [0.25, 0.3) is 5.91 Å². The van der Waals surface area contributed by atoms with E-state index >= 15 is 0 Å². The van der Waals surface area contributed by atoms with Crippen LogP contribution in [0.3, 0.4) is 0 Å². The van der Waals surface area contributed by atoms with Crippen molar-refractivity contribution in [1.82, 2.24) is 25.2 Å². The number of rotatable bonds is 3. The number of carbonyl (C=O) groups is 2. The van der Waals surface area contributed by atoms with Gasteiger partial charge in [-0.3, -0.25) is 9.69 Å². The third kappa shape index (κ3) is 2.44. The van der Waals surface area contributed by atoms with Crippen LogP contribution in [0.2, 0.25) is 0 Å². The summed E-state index contributed by atoms with van der Waals surface area (Å²) in [6, 6.07) is 9.04. The molecule has 7 heteroatoms. The fraction of sp³-hybridized carbons (Fsp3) is 0.263. The predicted molar refractivity (Wildman–Crippen MR) is 96.2 cm³/mol. The first-order valence-corrected chi connectivity index (χ1v) is 8.40. The van der Waals surface area contributed by atoms with Gasteiger partial charge in [-0.25, -0.2) is 14.8 Å². The van der Waals surface area contributed by atoms with Crippen molar-refractivity contribution in [2.75, 3.05) is 0 Å². The van der Waals surface area contributed by atoms with Crippen molar-refractivity contribution in [1.29, 1.82) is 0 Å². The zero-order valence-corrected chi connectivity index (χ0v) is 14.8. The Morgan fingerprint density at radius 1 is 1.12 bits per heavy atom. The SMILES string of the molecule is Cc1ccc(C2(C)NC(=O)N(Cc3nc4nccc(C)c4[nH]3)C2=O)cc1. The maximum Gasteiger partial charge on any atom is 0.325 e. The fourth-order valence-electron chi connectivity index (χ4n) is 3.23. The third-order valence-electron chi connectivity index (χ3n) is 4.86. The highest BCUT2D eigenvalue weighted by Crippen LogP contribution is 2.30. The van der Waals surface area contributed by atoms with E-state index in [0.29, 0.717) is 11.5 Å².